The lowest BCUT2D eigenvalue weighted by atomic mass is 10.1. The van der Waals surface area contributed by atoms with Crippen molar-refractivity contribution in [3.63, 3.8) is 0 Å². The van der Waals surface area contributed by atoms with E-state index < -0.39 is 28.9 Å². The molecule has 1 aromatic heterocycles. The Morgan fingerprint density at radius 1 is 1.11 bits per heavy atom. The number of aromatic nitrogens is 2. The normalized spacial score (nSPS) is 12.0. The van der Waals surface area contributed by atoms with Crippen LogP contribution in [-0.4, -0.2) is 21.4 Å². The van der Waals surface area contributed by atoms with E-state index in [4.69, 9.17) is 23.2 Å². The molecular formula is C18H13Cl2F2N3O2. The maximum absolute atomic E-state index is 13.7. The second kappa shape index (κ2) is 8.04. The van der Waals surface area contributed by atoms with Crippen LogP contribution in [0, 0.1) is 11.6 Å². The van der Waals surface area contributed by atoms with E-state index in [1.807, 2.05) is 0 Å². The number of rotatable bonds is 5. The second-order valence-corrected chi connectivity index (χ2v) is 6.41. The first-order valence-electron chi connectivity index (χ1n) is 7.78. The quantitative estimate of drug-likeness (QED) is 0.666. The molecule has 5 nitrogen and oxygen atoms in total. The molecular weight excluding hydrogens is 399 g/mol. The predicted octanol–water partition coefficient (Wildman–Crippen LogP) is 3.96. The molecule has 1 heterocycles. The highest BCUT2D eigenvalue weighted by molar-refractivity contribution is 6.33. The summed E-state index contributed by atoms with van der Waals surface area (Å²) in [6.45, 7) is -0.274. The Balaban J connectivity index is 1.81. The Morgan fingerprint density at radius 2 is 1.74 bits per heavy atom. The van der Waals surface area contributed by atoms with E-state index in [1.54, 1.807) is 24.3 Å². The van der Waals surface area contributed by atoms with E-state index in [9.17, 15) is 18.7 Å². The number of aliphatic hydroxyl groups is 1. The number of nitrogens with zero attached hydrogens (tertiary/aromatic N) is 2. The summed E-state index contributed by atoms with van der Waals surface area (Å²) >= 11 is 11.9. The van der Waals surface area contributed by atoms with Crippen molar-refractivity contribution in [1.82, 2.24) is 9.78 Å². The van der Waals surface area contributed by atoms with E-state index in [0.29, 0.717) is 10.7 Å². The van der Waals surface area contributed by atoms with E-state index in [1.165, 1.54) is 12.3 Å². The minimum atomic E-state index is -1.49. The zero-order chi connectivity index (χ0) is 19.6. The number of hydrogen-bond donors (Lipinski definition) is 2. The maximum atomic E-state index is 13.7. The summed E-state index contributed by atoms with van der Waals surface area (Å²) in [5.41, 5.74) is -0.479. The molecule has 0 radical (unpaired) electrons. The zero-order valence-electron chi connectivity index (χ0n) is 13.7. The molecule has 0 amide bonds. The maximum Gasteiger partial charge on any atom is 0.292 e. The lowest BCUT2D eigenvalue weighted by Gasteiger charge is -2.15. The van der Waals surface area contributed by atoms with Crippen LogP contribution in [0.5, 0.6) is 0 Å². The van der Waals surface area contributed by atoms with Crippen LogP contribution in [-0.2, 0) is 0 Å². The van der Waals surface area contributed by atoms with Gasteiger partial charge in [0.2, 0.25) is 0 Å². The first kappa shape index (κ1) is 19.3. The van der Waals surface area contributed by atoms with Crippen molar-refractivity contribution in [2.45, 2.75) is 6.10 Å². The van der Waals surface area contributed by atoms with Gasteiger partial charge in [-0.15, -0.1) is 0 Å². The molecule has 27 heavy (non-hydrogen) atoms. The molecule has 140 valence electrons. The summed E-state index contributed by atoms with van der Waals surface area (Å²) < 4.78 is 28.5. The van der Waals surface area contributed by atoms with Crippen LogP contribution in [0.2, 0.25) is 10.0 Å². The molecule has 2 N–H and O–H groups in total. The Morgan fingerprint density at radius 3 is 2.37 bits per heavy atom. The topological polar surface area (TPSA) is 67.2 Å². The molecule has 0 spiro atoms. The molecule has 0 saturated heterocycles. The lowest BCUT2D eigenvalue weighted by molar-refractivity contribution is 0.181. The summed E-state index contributed by atoms with van der Waals surface area (Å²) in [6, 6.07) is 9.70. The second-order valence-electron chi connectivity index (χ2n) is 5.60. The van der Waals surface area contributed by atoms with Gasteiger partial charge in [-0.1, -0.05) is 29.3 Å². The molecule has 1 unspecified atom stereocenters. The first-order valence-corrected chi connectivity index (χ1v) is 8.53. The van der Waals surface area contributed by atoms with Crippen LogP contribution in [0.1, 0.15) is 11.7 Å². The lowest BCUT2D eigenvalue weighted by Crippen LogP contribution is -2.24. The first-order chi connectivity index (χ1) is 12.9. The fourth-order valence-corrected chi connectivity index (χ4v) is 2.78. The van der Waals surface area contributed by atoms with Gasteiger partial charge in [0.05, 0.1) is 23.1 Å². The van der Waals surface area contributed by atoms with Crippen LogP contribution in [0.3, 0.4) is 0 Å². The highest BCUT2D eigenvalue weighted by Crippen LogP contribution is 2.23. The average molecular weight is 412 g/mol. The molecule has 9 heteroatoms. The largest absolute Gasteiger partial charge is 0.386 e. The van der Waals surface area contributed by atoms with Crippen LogP contribution in [0.4, 0.5) is 14.5 Å². The third-order valence-corrected chi connectivity index (χ3v) is 4.43. The summed E-state index contributed by atoms with van der Waals surface area (Å²) in [5, 5.41) is 17.1. The van der Waals surface area contributed by atoms with Gasteiger partial charge in [0.15, 0.2) is 0 Å². The van der Waals surface area contributed by atoms with Crippen molar-refractivity contribution in [1.29, 1.82) is 0 Å². The summed E-state index contributed by atoms with van der Waals surface area (Å²) in [5.74, 6) is -1.74. The summed E-state index contributed by atoms with van der Waals surface area (Å²) in [4.78, 5) is 12.4. The predicted molar refractivity (Wildman–Crippen MR) is 99.7 cm³/mol. The molecule has 0 saturated carbocycles. The van der Waals surface area contributed by atoms with Crippen molar-refractivity contribution < 1.29 is 13.9 Å². The number of hydrogen-bond acceptors (Lipinski definition) is 4. The van der Waals surface area contributed by atoms with E-state index in [2.05, 4.69) is 10.4 Å². The van der Waals surface area contributed by atoms with Crippen molar-refractivity contribution in [3.05, 3.63) is 86.3 Å². The standard InChI is InChI=1S/C18H13Cl2F2N3O2/c19-10-4-6-11(7-5-10)25-18(27)17(20)14(8-24-25)23-9-15(26)16-12(21)2-1-3-13(16)22/h1-8,15,23,26H,9H2. The van der Waals surface area contributed by atoms with E-state index in [-0.39, 0.29) is 17.3 Å². The van der Waals surface area contributed by atoms with Crippen LogP contribution < -0.4 is 10.9 Å². The number of aliphatic hydroxyl groups excluding tert-OH is 1. The van der Waals surface area contributed by atoms with E-state index in [0.717, 1.165) is 16.8 Å². The number of anilines is 1. The molecule has 3 rings (SSSR count). The third kappa shape index (κ3) is 4.10. The monoisotopic (exact) mass is 411 g/mol. The fourth-order valence-electron chi connectivity index (χ4n) is 2.46. The van der Waals surface area contributed by atoms with Crippen molar-refractivity contribution in [2.24, 2.45) is 0 Å². The smallest absolute Gasteiger partial charge is 0.292 e. The third-order valence-electron chi connectivity index (χ3n) is 3.81. The summed E-state index contributed by atoms with van der Waals surface area (Å²) in [7, 11) is 0. The van der Waals surface area contributed by atoms with Gasteiger partial charge in [0.1, 0.15) is 22.8 Å². The van der Waals surface area contributed by atoms with Crippen LogP contribution in [0.15, 0.2) is 53.5 Å². The van der Waals surface area contributed by atoms with Gasteiger partial charge in [-0.2, -0.15) is 9.78 Å². The van der Waals surface area contributed by atoms with Gasteiger partial charge in [0.25, 0.3) is 5.56 Å². The molecule has 3 aromatic rings. The van der Waals surface area contributed by atoms with Crippen molar-refractivity contribution in [2.75, 3.05) is 11.9 Å². The average Bonchev–Trinajstić information content (AvgIpc) is 2.64. The fraction of sp³-hybridized carbons (Fsp3) is 0.111. The minimum absolute atomic E-state index is 0.127. The molecule has 0 fully saturated rings. The van der Waals surface area contributed by atoms with Crippen LogP contribution in [0.25, 0.3) is 5.69 Å². The van der Waals surface area contributed by atoms with Gasteiger partial charge in [-0.3, -0.25) is 4.79 Å². The Kier molecular flexibility index (Phi) is 5.74. The molecule has 0 aliphatic heterocycles. The van der Waals surface area contributed by atoms with Crippen LogP contribution >= 0.6 is 23.2 Å². The van der Waals surface area contributed by atoms with Crippen molar-refractivity contribution in [3.8, 4) is 5.69 Å². The number of benzene rings is 2. The summed E-state index contributed by atoms with van der Waals surface area (Å²) in [6.07, 6.45) is -0.205. The Bertz CT molecular complexity index is 1010. The Labute approximate surface area is 162 Å². The van der Waals surface area contributed by atoms with Gasteiger partial charge in [-0.05, 0) is 36.4 Å². The number of nitrogens with one attached hydrogen (secondary N) is 1. The van der Waals surface area contributed by atoms with Crippen molar-refractivity contribution >= 4 is 28.9 Å². The van der Waals surface area contributed by atoms with Gasteiger partial charge < -0.3 is 10.4 Å². The van der Waals surface area contributed by atoms with E-state index >= 15 is 0 Å². The molecule has 0 aliphatic carbocycles. The Hall–Kier alpha value is -2.48. The SMILES string of the molecule is O=c1c(Cl)c(NCC(O)c2c(F)cccc2F)cnn1-c1ccc(Cl)cc1. The molecule has 0 bridgehead atoms. The molecule has 2 aromatic carbocycles. The van der Waals surface area contributed by atoms with Gasteiger partial charge in [-0.25, -0.2) is 8.78 Å². The molecule has 1 atom stereocenters. The molecule has 0 aliphatic rings. The highest BCUT2D eigenvalue weighted by atomic mass is 35.5. The van der Waals surface area contributed by atoms with Gasteiger partial charge in [0, 0.05) is 11.6 Å². The zero-order valence-corrected chi connectivity index (χ0v) is 15.2. The van der Waals surface area contributed by atoms with Gasteiger partial charge >= 0.3 is 0 Å². The highest BCUT2D eigenvalue weighted by Gasteiger charge is 2.18. The number of halogens is 4. The minimum Gasteiger partial charge on any atom is -0.386 e.